The van der Waals surface area contributed by atoms with Crippen molar-refractivity contribution in [2.45, 2.75) is 103 Å². The van der Waals surface area contributed by atoms with Crippen molar-refractivity contribution in [2.75, 3.05) is 13.2 Å². The molecule has 3 aliphatic rings. The summed E-state index contributed by atoms with van der Waals surface area (Å²) in [4.78, 5) is 0. The predicted octanol–water partition coefficient (Wildman–Crippen LogP) is 8.91. The van der Waals surface area contributed by atoms with Gasteiger partial charge in [-0.15, -0.1) is 0 Å². The molecule has 0 spiro atoms. The topological polar surface area (TPSA) is 18.5 Å². The Hall–Kier alpha value is -1.39. The van der Waals surface area contributed by atoms with Gasteiger partial charge in [0.15, 0.2) is 11.5 Å². The molecule has 1 atom stereocenters. The van der Waals surface area contributed by atoms with Crippen LogP contribution in [0.2, 0.25) is 0 Å². The van der Waals surface area contributed by atoms with E-state index < -0.39 is 17.8 Å². The maximum atomic E-state index is 14.9. The SMILES string of the molecule is CCOc1ccc(OCCC(F)C2CCC(C3CCC(C4CCC(C)CC4)CC3)CC2)c(F)c1F. The van der Waals surface area contributed by atoms with E-state index in [0.717, 1.165) is 55.3 Å². The fourth-order valence-corrected chi connectivity index (χ4v) is 7.23. The van der Waals surface area contributed by atoms with Crippen LogP contribution < -0.4 is 9.47 Å². The van der Waals surface area contributed by atoms with E-state index in [-0.39, 0.29) is 37.1 Å². The van der Waals surface area contributed by atoms with Crippen molar-refractivity contribution >= 4 is 0 Å². The van der Waals surface area contributed by atoms with E-state index in [4.69, 9.17) is 9.47 Å². The Morgan fingerprint density at radius 1 is 0.714 bits per heavy atom. The summed E-state index contributed by atoms with van der Waals surface area (Å²) < 4.78 is 53.5. The summed E-state index contributed by atoms with van der Waals surface area (Å²) in [6.45, 7) is 4.42. The van der Waals surface area contributed by atoms with Gasteiger partial charge in [-0.2, -0.15) is 8.78 Å². The van der Waals surface area contributed by atoms with Crippen LogP contribution in [0.4, 0.5) is 13.2 Å². The number of halogens is 3. The molecule has 0 bridgehead atoms. The van der Waals surface area contributed by atoms with Crippen LogP contribution in [0, 0.1) is 47.1 Å². The normalized spacial score (nSPS) is 32.7. The number of rotatable bonds is 9. The number of hydrogen-bond acceptors (Lipinski definition) is 2. The van der Waals surface area contributed by atoms with Crippen LogP contribution in [0.5, 0.6) is 11.5 Å². The largest absolute Gasteiger partial charge is 0.491 e. The van der Waals surface area contributed by atoms with Crippen molar-refractivity contribution in [2.24, 2.45) is 35.5 Å². The molecule has 1 unspecified atom stereocenters. The first kappa shape index (κ1) is 26.7. The van der Waals surface area contributed by atoms with E-state index in [1.165, 1.54) is 63.5 Å². The van der Waals surface area contributed by atoms with Crippen LogP contribution in [0.1, 0.15) is 97.3 Å². The van der Waals surface area contributed by atoms with Crippen LogP contribution in [-0.2, 0) is 0 Å². The molecule has 0 aromatic heterocycles. The minimum Gasteiger partial charge on any atom is -0.491 e. The summed E-state index contributed by atoms with van der Waals surface area (Å²) in [6.07, 6.45) is 14.8. The van der Waals surface area contributed by atoms with Gasteiger partial charge in [-0.25, -0.2) is 4.39 Å². The molecule has 0 heterocycles. The molecule has 5 heteroatoms. The molecular weight excluding hydrogens is 449 g/mol. The Morgan fingerprint density at radius 3 is 1.63 bits per heavy atom. The first-order valence-electron chi connectivity index (χ1n) is 14.3. The molecule has 0 amide bonds. The van der Waals surface area contributed by atoms with Gasteiger partial charge in [-0.05, 0) is 119 Å². The van der Waals surface area contributed by atoms with Crippen LogP contribution >= 0.6 is 0 Å². The minimum absolute atomic E-state index is 0.0510. The third kappa shape index (κ3) is 6.89. The highest BCUT2D eigenvalue weighted by Gasteiger charge is 2.35. The highest BCUT2D eigenvalue weighted by atomic mass is 19.2. The number of benzene rings is 1. The van der Waals surface area contributed by atoms with E-state index in [9.17, 15) is 13.2 Å². The Labute approximate surface area is 210 Å². The van der Waals surface area contributed by atoms with Gasteiger partial charge in [0, 0.05) is 6.42 Å². The first-order chi connectivity index (χ1) is 17.0. The molecule has 35 heavy (non-hydrogen) atoms. The van der Waals surface area contributed by atoms with Gasteiger partial charge in [0.1, 0.15) is 6.17 Å². The van der Waals surface area contributed by atoms with E-state index in [1.54, 1.807) is 6.92 Å². The van der Waals surface area contributed by atoms with Crippen molar-refractivity contribution in [3.63, 3.8) is 0 Å². The van der Waals surface area contributed by atoms with Gasteiger partial charge in [0.05, 0.1) is 13.2 Å². The number of alkyl halides is 1. The molecule has 0 N–H and O–H groups in total. The number of ether oxygens (including phenoxy) is 2. The summed E-state index contributed by atoms with van der Waals surface area (Å²) in [6, 6.07) is 2.71. The lowest BCUT2D eigenvalue weighted by Crippen LogP contribution is -2.31. The second kappa shape index (κ2) is 12.7. The smallest absolute Gasteiger partial charge is 0.204 e. The number of hydrogen-bond donors (Lipinski definition) is 0. The molecule has 1 aromatic carbocycles. The molecule has 3 aliphatic carbocycles. The fourth-order valence-electron chi connectivity index (χ4n) is 7.23. The van der Waals surface area contributed by atoms with Crippen LogP contribution in [-0.4, -0.2) is 19.4 Å². The molecule has 0 aliphatic heterocycles. The van der Waals surface area contributed by atoms with Crippen molar-refractivity contribution in [3.05, 3.63) is 23.8 Å². The van der Waals surface area contributed by atoms with E-state index >= 15 is 0 Å². The van der Waals surface area contributed by atoms with Crippen molar-refractivity contribution < 1.29 is 22.6 Å². The van der Waals surface area contributed by atoms with Crippen LogP contribution in [0.3, 0.4) is 0 Å². The van der Waals surface area contributed by atoms with Crippen LogP contribution in [0.15, 0.2) is 12.1 Å². The first-order valence-corrected chi connectivity index (χ1v) is 14.3. The summed E-state index contributed by atoms with van der Waals surface area (Å²) in [5, 5.41) is 0. The lowest BCUT2D eigenvalue weighted by atomic mass is 9.65. The average molecular weight is 495 g/mol. The van der Waals surface area contributed by atoms with Gasteiger partial charge in [0.25, 0.3) is 0 Å². The Kier molecular flexibility index (Phi) is 9.69. The Bertz CT molecular complexity index is 776. The standard InChI is InChI=1S/C30H45F3O2/c1-3-34-27-16-17-28(30(33)29(27)32)35-19-18-26(31)25-14-12-24(13-15-25)23-10-8-22(9-11-23)21-6-4-20(2)5-7-21/h16-17,20-26H,3-15,18-19H2,1-2H3. The maximum Gasteiger partial charge on any atom is 0.204 e. The van der Waals surface area contributed by atoms with E-state index in [0.29, 0.717) is 0 Å². The third-order valence-corrected chi connectivity index (χ3v) is 9.50. The van der Waals surface area contributed by atoms with Crippen molar-refractivity contribution in [1.82, 2.24) is 0 Å². The zero-order chi connectivity index (χ0) is 24.8. The van der Waals surface area contributed by atoms with Gasteiger partial charge in [-0.1, -0.05) is 19.8 Å². The molecule has 3 saturated carbocycles. The highest BCUT2D eigenvalue weighted by Crippen LogP contribution is 2.46. The zero-order valence-corrected chi connectivity index (χ0v) is 21.8. The van der Waals surface area contributed by atoms with Gasteiger partial charge in [-0.3, -0.25) is 0 Å². The molecule has 1 aromatic rings. The Morgan fingerprint density at radius 2 is 1.14 bits per heavy atom. The highest BCUT2D eigenvalue weighted by molar-refractivity contribution is 5.35. The maximum absolute atomic E-state index is 14.9. The quantitative estimate of drug-likeness (QED) is 0.341. The monoisotopic (exact) mass is 494 g/mol. The fraction of sp³-hybridized carbons (Fsp3) is 0.800. The lowest BCUT2D eigenvalue weighted by molar-refractivity contribution is 0.0819. The molecule has 198 valence electrons. The minimum atomic E-state index is -1.07. The summed E-state index contributed by atoms with van der Waals surface area (Å²) in [5.74, 6) is 2.11. The predicted molar refractivity (Wildman–Crippen MR) is 135 cm³/mol. The molecule has 0 radical (unpaired) electrons. The molecule has 0 saturated heterocycles. The van der Waals surface area contributed by atoms with Gasteiger partial charge in [0.2, 0.25) is 11.6 Å². The molecular formula is C30H45F3O2. The molecule has 2 nitrogen and oxygen atoms in total. The van der Waals surface area contributed by atoms with Gasteiger partial charge >= 0.3 is 0 Å². The van der Waals surface area contributed by atoms with Crippen molar-refractivity contribution in [3.8, 4) is 11.5 Å². The summed E-state index contributed by atoms with van der Waals surface area (Å²) in [7, 11) is 0. The second-order valence-electron chi connectivity index (χ2n) is 11.6. The summed E-state index contributed by atoms with van der Waals surface area (Å²) in [5.41, 5.74) is 0. The molecule has 4 rings (SSSR count). The zero-order valence-electron chi connectivity index (χ0n) is 21.8. The molecule has 3 fully saturated rings. The van der Waals surface area contributed by atoms with Gasteiger partial charge < -0.3 is 9.47 Å². The second-order valence-corrected chi connectivity index (χ2v) is 11.6. The van der Waals surface area contributed by atoms with Crippen molar-refractivity contribution in [1.29, 1.82) is 0 Å². The summed E-state index contributed by atoms with van der Waals surface area (Å²) >= 11 is 0. The lowest BCUT2D eigenvalue weighted by Gasteiger charge is -2.41. The van der Waals surface area contributed by atoms with E-state index in [2.05, 4.69) is 6.92 Å². The average Bonchev–Trinajstić information content (AvgIpc) is 2.89. The Balaban J connectivity index is 1.15. The third-order valence-electron chi connectivity index (χ3n) is 9.50. The van der Waals surface area contributed by atoms with Crippen LogP contribution in [0.25, 0.3) is 0 Å². The van der Waals surface area contributed by atoms with E-state index in [1.807, 2.05) is 0 Å².